The smallest absolute Gasteiger partial charge is 0.392 e. The number of alkyl halides is 10. The molecule has 0 fully saturated rings. The number of aryl methyl sites for hydroxylation is 2. The van der Waals surface area contributed by atoms with Crippen LogP contribution in [0.1, 0.15) is 119 Å². The lowest BCUT2D eigenvalue weighted by Crippen LogP contribution is -2.28. The van der Waals surface area contributed by atoms with Crippen LogP contribution in [0, 0.1) is 23.5 Å². The van der Waals surface area contributed by atoms with Gasteiger partial charge in [0.15, 0.2) is 0 Å². The lowest BCUT2D eigenvalue weighted by molar-refractivity contribution is -0.179. The summed E-state index contributed by atoms with van der Waals surface area (Å²) in [5.74, 6) is -19.5. The normalized spacial score (nSPS) is 13.3. The number of hydrogen-bond acceptors (Lipinski definition) is 3. The maximum atomic E-state index is 17.8. The average Bonchev–Trinajstić information content (AvgIpc) is 3.36. The van der Waals surface area contributed by atoms with Crippen molar-refractivity contribution in [1.82, 2.24) is 0 Å². The minimum absolute atomic E-state index is 0.0182. The van der Waals surface area contributed by atoms with Gasteiger partial charge in [0.2, 0.25) is 0 Å². The van der Waals surface area contributed by atoms with Crippen LogP contribution in [0.4, 0.5) is 52.7 Å². The molecule has 6 rings (SSSR count). The molecule has 0 amide bonds. The van der Waals surface area contributed by atoms with E-state index in [0.29, 0.717) is 23.3 Å². The van der Waals surface area contributed by atoms with Crippen molar-refractivity contribution in [3.05, 3.63) is 200 Å². The fraction of sp³-hybridized carbons (Fsp3) is 0.400. The molecule has 0 heterocycles. The van der Waals surface area contributed by atoms with E-state index in [1.165, 1.54) is 36.4 Å². The van der Waals surface area contributed by atoms with Gasteiger partial charge in [0.25, 0.3) is 0 Å². The second kappa shape index (κ2) is 25.8. The minimum atomic E-state index is -4.94. The monoisotopic (exact) mass is 1060 g/mol. The molecule has 0 bridgehead atoms. The first-order chi connectivity index (χ1) is 35.6. The van der Waals surface area contributed by atoms with E-state index in [-0.39, 0.29) is 24.0 Å². The van der Waals surface area contributed by atoms with Gasteiger partial charge in [0, 0.05) is 38.6 Å². The van der Waals surface area contributed by atoms with E-state index in [1.54, 1.807) is 24.3 Å². The predicted molar refractivity (Wildman–Crippen MR) is 267 cm³/mol. The average molecular weight is 1060 g/mol. The summed E-state index contributed by atoms with van der Waals surface area (Å²) in [6.07, 6.45) is -8.41. The maximum Gasteiger partial charge on any atom is 0.392 e. The van der Waals surface area contributed by atoms with Crippen LogP contribution in [0.5, 0.6) is 11.5 Å². The highest BCUT2D eigenvalue weighted by Crippen LogP contribution is 2.50. The molecule has 0 aliphatic heterocycles. The fourth-order valence-electron chi connectivity index (χ4n) is 9.29. The topological polar surface area (TPSA) is 27.7 Å². The molecule has 6 aromatic rings. The molecule has 2 unspecified atom stereocenters. The van der Waals surface area contributed by atoms with E-state index in [2.05, 4.69) is 0 Å². The molecule has 15 heteroatoms. The third-order valence-electron chi connectivity index (χ3n) is 13.6. The highest BCUT2D eigenvalue weighted by molar-refractivity contribution is 5.55. The molecule has 6 aromatic carbocycles. The summed E-state index contributed by atoms with van der Waals surface area (Å²) in [4.78, 5) is 0. The van der Waals surface area contributed by atoms with Gasteiger partial charge in [0.1, 0.15) is 34.3 Å². The Labute approximate surface area is 431 Å². The SMILES string of the molecule is CCCCc1ccc(Cc2ccccc2C(F)(F)c2c(Oc3ccc(CC(CCOC)C(F)(F)F)c(F)c3C(F)(F)c3ccccc3Cc3ccc(CCCC)cc3)ccc(CC(CCOC)C(F)(F)F)c2F)cc1. The van der Waals surface area contributed by atoms with Crippen molar-refractivity contribution in [3.63, 3.8) is 0 Å². The third kappa shape index (κ3) is 14.8. The predicted octanol–water partition coefficient (Wildman–Crippen LogP) is 17.4. The highest BCUT2D eigenvalue weighted by Gasteiger charge is 2.47. The molecule has 0 aromatic heterocycles. The first-order valence-electron chi connectivity index (χ1n) is 25.1. The first-order valence-corrected chi connectivity index (χ1v) is 25.1. The minimum Gasteiger partial charge on any atom is -0.456 e. The summed E-state index contributed by atoms with van der Waals surface area (Å²) in [5.41, 5.74) is -3.30. The van der Waals surface area contributed by atoms with Gasteiger partial charge in [-0.1, -0.05) is 136 Å². The van der Waals surface area contributed by atoms with Gasteiger partial charge in [-0.15, -0.1) is 0 Å². The van der Waals surface area contributed by atoms with Crippen LogP contribution in [0.3, 0.4) is 0 Å². The maximum absolute atomic E-state index is 17.8. The van der Waals surface area contributed by atoms with Crippen molar-refractivity contribution in [2.45, 2.75) is 115 Å². The Morgan fingerprint density at radius 1 is 0.427 bits per heavy atom. The summed E-state index contributed by atoms with van der Waals surface area (Å²) in [7, 11) is 2.32. The number of hydrogen-bond donors (Lipinski definition) is 0. The number of benzene rings is 6. The van der Waals surface area contributed by atoms with E-state index >= 15 is 26.3 Å². The molecule has 0 saturated carbocycles. The van der Waals surface area contributed by atoms with Gasteiger partial charge in [-0.05, 0) is 121 Å². The van der Waals surface area contributed by atoms with E-state index in [9.17, 15) is 26.3 Å². The molecule has 0 N–H and O–H groups in total. The Hall–Kier alpha value is -5.80. The second-order valence-electron chi connectivity index (χ2n) is 19.0. The molecule has 0 saturated heterocycles. The van der Waals surface area contributed by atoms with Crippen molar-refractivity contribution in [2.24, 2.45) is 11.8 Å². The van der Waals surface area contributed by atoms with Crippen LogP contribution in [0.25, 0.3) is 0 Å². The zero-order chi connectivity index (χ0) is 54.6. The standard InChI is InChI=1S/C60H62F12O3/c1-5-7-13-39-19-23-41(24-20-39)35-43-15-9-11-17-49(43)57(63,64)53-51(29-27-45(55(53)61)37-47(31-33-73-3)59(67,68)69)75-52-30-28-46(38-48(32-34-74-4)60(70,71)72)56(62)54(52)58(65,66)50-18-12-10-16-44(50)36-42-25-21-40(22-26-42)14-8-6-2/h9-12,15-30,47-48H,5-8,13-14,31-38H2,1-4H3. The zero-order valence-electron chi connectivity index (χ0n) is 42.4. The van der Waals surface area contributed by atoms with Gasteiger partial charge >= 0.3 is 24.2 Å². The molecular formula is C60H62F12O3. The van der Waals surface area contributed by atoms with Crippen LogP contribution in [-0.4, -0.2) is 39.8 Å². The van der Waals surface area contributed by atoms with E-state index < -0.39 is 131 Å². The molecule has 0 radical (unpaired) electrons. The molecule has 0 spiro atoms. The summed E-state index contributed by atoms with van der Waals surface area (Å²) in [6.45, 7) is 3.26. The van der Waals surface area contributed by atoms with Crippen molar-refractivity contribution >= 4 is 0 Å². The van der Waals surface area contributed by atoms with E-state index in [0.717, 1.165) is 88.1 Å². The van der Waals surface area contributed by atoms with Crippen molar-refractivity contribution in [1.29, 1.82) is 0 Å². The largest absolute Gasteiger partial charge is 0.456 e. The Bertz CT molecular complexity index is 2580. The number of rotatable bonds is 26. The van der Waals surface area contributed by atoms with Crippen LogP contribution in [-0.2, 0) is 59.8 Å². The molecule has 2 atom stereocenters. The van der Waals surface area contributed by atoms with Crippen LogP contribution >= 0.6 is 0 Å². The molecule has 0 aliphatic rings. The number of halogens is 12. The molecule has 3 nitrogen and oxygen atoms in total. The lowest BCUT2D eigenvalue weighted by Gasteiger charge is -2.28. The summed E-state index contributed by atoms with van der Waals surface area (Å²) in [6, 6.07) is 27.5. The summed E-state index contributed by atoms with van der Waals surface area (Å²) in [5, 5.41) is 0. The molecule has 0 aliphatic carbocycles. The van der Waals surface area contributed by atoms with Crippen molar-refractivity contribution in [2.75, 3.05) is 27.4 Å². The van der Waals surface area contributed by atoms with Gasteiger partial charge in [0.05, 0.1) is 11.8 Å². The number of ether oxygens (including phenoxy) is 3. The summed E-state index contributed by atoms with van der Waals surface area (Å²) >= 11 is 0. The Morgan fingerprint density at radius 2 is 0.773 bits per heavy atom. The fourth-order valence-corrected chi connectivity index (χ4v) is 9.29. The van der Waals surface area contributed by atoms with Gasteiger partial charge in [-0.2, -0.15) is 43.9 Å². The van der Waals surface area contributed by atoms with E-state index in [1.807, 2.05) is 38.1 Å². The van der Waals surface area contributed by atoms with E-state index in [4.69, 9.17) is 14.2 Å². The number of methoxy groups -OCH3 is 2. The Kier molecular flexibility index (Phi) is 20.1. The Balaban J connectivity index is 1.55. The molecule has 75 heavy (non-hydrogen) atoms. The number of unbranched alkanes of at least 4 members (excludes halogenated alkanes) is 2. The highest BCUT2D eigenvalue weighted by atomic mass is 19.4. The van der Waals surface area contributed by atoms with Crippen molar-refractivity contribution in [3.8, 4) is 11.5 Å². The quantitative estimate of drug-likeness (QED) is 0.0507. The summed E-state index contributed by atoms with van der Waals surface area (Å²) < 4.78 is 208. The van der Waals surface area contributed by atoms with Gasteiger partial charge < -0.3 is 14.2 Å². The van der Waals surface area contributed by atoms with Gasteiger partial charge in [-0.25, -0.2) is 8.78 Å². The Morgan fingerprint density at radius 3 is 1.11 bits per heavy atom. The van der Waals surface area contributed by atoms with Crippen LogP contribution in [0.15, 0.2) is 121 Å². The lowest BCUT2D eigenvalue weighted by atomic mass is 9.88. The molecule has 404 valence electrons. The van der Waals surface area contributed by atoms with Crippen molar-refractivity contribution < 1.29 is 66.9 Å². The molecular weight excluding hydrogens is 997 g/mol. The first kappa shape index (κ1) is 58.5. The van der Waals surface area contributed by atoms with Crippen LogP contribution < -0.4 is 4.74 Å². The van der Waals surface area contributed by atoms with Crippen LogP contribution in [0.2, 0.25) is 0 Å². The van der Waals surface area contributed by atoms with Gasteiger partial charge in [-0.3, -0.25) is 0 Å². The zero-order valence-corrected chi connectivity index (χ0v) is 42.4. The third-order valence-corrected chi connectivity index (χ3v) is 13.6. The second-order valence-corrected chi connectivity index (χ2v) is 19.0.